The van der Waals surface area contributed by atoms with Crippen molar-refractivity contribution in [3.8, 4) is 0 Å². The molecule has 1 aromatic rings. The smallest absolute Gasteiger partial charge is 0.338 e. The Hall–Kier alpha value is -1.35. The number of benzene rings is 1. The summed E-state index contributed by atoms with van der Waals surface area (Å²) < 4.78 is 5.13. The molecule has 1 rings (SSSR count). The lowest BCUT2D eigenvalue weighted by atomic mass is 10.1. The van der Waals surface area contributed by atoms with Crippen molar-refractivity contribution < 1.29 is 9.53 Å². The molecule has 0 aliphatic heterocycles. The highest BCUT2D eigenvalue weighted by molar-refractivity contribution is 5.89. The molecule has 0 radical (unpaired) electrons. The molecular weight excluding hydrogens is 214 g/mol. The van der Waals surface area contributed by atoms with Gasteiger partial charge in [0.05, 0.1) is 5.56 Å². The normalized spacial score (nSPS) is 10.5. The first-order valence-corrected chi connectivity index (χ1v) is 6.13. The van der Waals surface area contributed by atoms with Crippen molar-refractivity contribution in [1.29, 1.82) is 0 Å². The van der Waals surface area contributed by atoms with Crippen molar-refractivity contribution in [3.63, 3.8) is 0 Å². The second-order valence-corrected chi connectivity index (χ2v) is 4.43. The molecule has 3 nitrogen and oxygen atoms in total. The van der Waals surface area contributed by atoms with Crippen LogP contribution in [0.5, 0.6) is 0 Å². The van der Waals surface area contributed by atoms with E-state index < -0.39 is 0 Å². The molecule has 0 heterocycles. The summed E-state index contributed by atoms with van der Waals surface area (Å²) in [5, 5.41) is 3.25. The van der Waals surface area contributed by atoms with Gasteiger partial charge < -0.3 is 10.1 Å². The first kappa shape index (κ1) is 13.7. The van der Waals surface area contributed by atoms with E-state index in [1.807, 2.05) is 18.2 Å². The minimum atomic E-state index is -0.253. The van der Waals surface area contributed by atoms with Gasteiger partial charge in [-0.15, -0.1) is 0 Å². The van der Waals surface area contributed by atoms with Crippen LogP contribution in [0.15, 0.2) is 30.3 Å². The van der Waals surface area contributed by atoms with Crippen molar-refractivity contribution in [2.45, 2.75) is 20.3 Å². The Kier molecular flexibility index (Phi) is 6.33. The van der Waals surface area contributed by atoms with Crippen LogP contribution in [0.1, 0.15) is 30.6 Å². The van der Waals surface area contributed by atoms with Crippen LogP contribution in [0, 0.1) is 5.92 Å². The fraction of sp³-hybridized carbons (Fsp3) is 0.500. The van der Waals surface area contributed by atoms with Gasteiger partial charge in [-0.2, -0.15) is 0 Å². The zero-order chi connectivity index (χ0) is 12.5. The second-order valence-electron chi connectivity index (χ2n) is 4.43. The summed E-state index contributed by atoms with van der Waals surface area (Å²) in [4.78, 5) is 11.5. The number of hydrogen-bond acceptors (Lipinski definition) is 3. The Morgan fingerprint density at radius 2 is 1.94 bits per heavy atom. The molecular formula is C14H21NO2. The number of carbonyl (C=O) groups is 1. The van der Waals surface area contributed by atoms with Gasteiger partial charge in [-0.05, 0) is 31.0 Å². The third-order valence-electron chi connectivity index (χ3n) is 2.42. The lowest BCUT2D eigenvalue weighted by Crippen LogP contribution is -2.23. The minimum absolute atomic E-state index is 0.253. The van der Waals surface area contributed by atoms with E-state index >= 15 is 0 Å². The van der Waals surface area contributed by atoms with Crippen LogP contribution in [-0.4, -0.2) is 25.7 Å². The standard InChI is InChI=1S/C14H21NO2/c1-12(2)8-9-15-10-11-17-14(16)13-6-4-3-5-7-13/h3-7,12,15H,8-11H2,1-2H3. The molecule has 0 saturated carbocycles. The van der Waals surface area contributed by atoms with E-state index in [2.05, 4.69) is 19.2 Å². The lowest BCUT2D eigenvalue weighted by molar-refractivity contribution is 0.0508. The molecule has 0 aliphatic rings. The molecule has 0 aromatic heterocycles. The number of ether oxygens (including phenoxy) is 1. The highest BCUT2D eigenvalue weighted by Gasteiger charge is 2.04. The van der Waals surface area contributed by atoms with E-state index in [0.29, 0.717) is 24.6 Å². The zero-order valence-corrected chi connectivity index (χ0v) is 10.6. The molecule has 3 heteroatoms. The van der Waals surface area contributed by atoms with Gasteiger partial charge in [0.2, 0.25) is 0 Å². The maximum Gasteiger partial charge on any atom is 0.338 e. The highest BCUT2D eigenvalue weighted by atomic mass is 16.5. The molecule has 0 saturated heterocycles. The fourth-order valence-corrected chi connectivity index (χ4v) is 1.39. The molecule has 0 atom stereocenters. The van der Waals surface area contributed by atoms with Crippen molar-refractivity contribution >= 4 is 5.97 Å². The monoisotopic (exact) mass is 235 g/mol. The van der Waals surface area contributed by atoms with Gasteiger partial charge in [-0.1, -0.05) is 32.0 Å². The Balaban J connectivity index is 2.09. The molecule has 17 heavy (non-hydrogen) atoms. The molecule has 1 N–H and O–H groups in total. The van der Waals surface area contributed by atoms with E-state index in [9.17, 15) is 4.79 Å². The number of rotatable bonds is 7. The number of hydrogen-bond donors (Lipinski definition) is 1. The van der Waals surface area contributed by atoms with Gasteiger partial charge in [-0.25, -0.2) is 4.79 Å². The van der Waals surface area contributed by atoms with Gasteiger partial charge in [0.25, 0.3) is 0 Å². The highest BCUT2D eigenvalue weighted by Crippen LogP contribution is 2.00. The van der Waals surface area contributed by atoms with E-state index in [0.717, 1.165) is 13.0 Å². The number of nitrogens with one attached hydrogen (secondary N) is 1. The molecule has 0 bridgehead atoms. The Morgan fingerprint density at radius 3 is 2.59 bits per heavy atom. The predicted octanol–water partition coefficient (Wildman–Crippen LogP) is 2.48. The largest absolute Gasteiger partial charge is 0.461 e. The first-order chi connectivity index (χ1) is 8.20. The van der Waals surface area contributed by atoms with Crippen molar-refractivity contribution in [2.24, 2.45) is 5.92 Å². The Morgan fingerprint density at radius 1 is 1.24 bits per heavy atom. The maximum atomic E-state index is 11.5. The molecule has 0 spiro atoms. The third kappa shape index (κ3) is 6.07. The van der Waals surface area contributed by atoms with Crippen LogP contribution in [0.2, 0.25) is 0 Å². The summed E-state index contributed by atoms with van der Waals surface area (Å²) >= 11 is 0. The minimum Gasteiger partial charge on any atom is -0.461 e. The summed E-state index contributed by atoms with van der Waals surface area (Å²) in [7, 11) is 0. The summed E-state index contributed by atoms with van der Waals surface area (Å²) in [6.45, 7) is 6.49. The van der Waals surface area contributed by atoms with E-state index in [1.165, 1.54) is 0 Å². The molecule has 1 aromatic carbocycles. The predicted molar refractivity (Wildman–Crippen MR) is 69.0 cm³/mol. The fourth-order valence-electron chi connectivity index (χ4n) is 1.39. The van der Waals surface area contributed by atoms with Crippen molar-refractivity contribution in [2.75, 3.05) is 19.7 Å². The first-order valence-electron chi connectivity index (χ1n) is 6.13. The molecule has 0 unspecified atom stereocenters. The summed E-state index contributed by atoms with van der Waals surface area (Å²) in [5.41, 5.74) is 0.606. The quantitative estimate of drug-likeness (QED) is 0.583. The maximum absolute atomic E-state index is 11.5. The van der Waals surface area contributed by atoms with Crippen LogP contribution < -0.4 is 5.32 Å². The van der Waals surface area contributed by atoms with E-state index in [1.54, 1.807) is 12.1 Å². The van der Waals surface area contributed by atoms with Crippen LogP contribution in [0.3, 0.4) is 0 Å². The second kappa shape index (κ2) is 7.85. The lowest BCUT2D eigenvalue weighted by Gasteiger charge is -2.07. The van der Waals surface area contributed by atoms with Crippen LogP contribution >= 0.6 is 0 Å². The number of carbonyl (C=O) groups excluding carboxylic acids is 1. The SMILES string of the molecule is CC(C)CCNCCOC(=O)c1ccccc1. The van der Waals surface area contributed by atoms with Gasteiger partial charge in [0.1, 0.15) is 6.61 Å². The van der Waals surface area contributed by atoms with E-state index in [4.69, 9.17) is 4.74 Å². The van der Waals surface area contributed by atoms with Crippen molar-refractivity contribution in [3.05, 3.63) is 35.9 Å². The topological polar surface area (TPSA) is 38.3 Å². The zero-order valence-electron chi connectivity index (χ0n) is 10.6. The summed E-state index contributed by atoms with van der Waals surface area (Å²) in [6.07, 6.45) is 1.15. The molecule has 0 fully saturated rings. The van der Waals surface area contributed by atoms with Gasteiger partial charge in [0.15, 0.2) is 0 Å². The average molecular weight is 235 g/mol. The van der Waals surface area contributed by atoms with Crippen molar-refractivity contribution in [1.82, 2.24) is 5.32 Å². The molecule has 0 aliphatic carbocycles. The summed E-state index contributed by atoms with van der Waals surface area (Å²) in [5.74, 6) is 0.450. The number of esters is 1. The van der Waals surface area contributed by atoms with Crippen LogP contribution in [0.25, 0.3) is 0 Å². The van der Waals surface area contributed by atoms with Gasteiger partial charge in [-0.3, -0.25) is 0 Å². The van der Waals surface area contributed by atoms with E-state index in [-0.39, 0.29) is 5.97 Å². The van der Waals surface area contributed by atoms with Gasteiger partial charge in [0, 0.05) is 6.54 Å². The Bertz CT molecular complexity index is 322. The summed E-state index contributed by atoms with van der Waals surface area (Å²) in [6, 6.07) is 9.06. The van der Waals surface area contributed by atoms with Gasteiger partial charge >= 0.3 is 5.97 Å². The van der Waals surface area contributed by atoms with Crippen LogP contribution in [-0.2, 0) is 4.74 Å². The average Bonchev–Trinajstić information content (AvgIpc) is 2.34. The Labute approximate surface area is 103 Å². The third-order valence-corrected chi connectivity index (χ3v) is 2.42. The molecule has 94 valence electrons. The molecule has 0 amide bonds. The van der Waals surface area contributed by atoms with Crippen LogP contribution in [0.4, 0.5) is 0 Å².